The molecule has 136 valence electrons. The molecule has 0 aliphatic carbocycles. The predicted molar refractivity (Wildman–Crippen MR) is 110 cm³/mol. The lowest BCUT2D eigenvalue weighted by atomic mass is 10.0. The van der Waals surface area contributed by atoms with Crippen LogP contribution in [-0.2, 0) is 16.3 Å². The van der Waals surface area contributed by atoms with Crippen LogP contribution in [0.4, 0.5) is 0 Å². The summed E-state index contributed by atoms with van der Waals surface area (Å²) >= 11 is 0. The molecule has 0 saturated heterocycles. The van der Waals surface area contributed by atoms with Crippen LogP contribution in [0.1, 0.15) is 21.9 Å². The fraction of sp³-hybridized carbons (Fsp3) is 0.130. The van der Waals surface area contributed by atoms with Crippen molar-refractivity contribution >= 4 is 20.7 Å². The number of nitrogens with one attached hydrogen (secondary N) is 1. The molecule has 1 unspecified atom stereocenters. The zero-order valence-corrected chi connectivity index (χ0v) is 15.9. The van der Waals surface area contributed by atoms with Gasteiger partial charge in [-0.2, -0.15) is 0 Å². The Kier molecular flexibility index (Phi) is 4.58. The maximum Gasteiger partial charge on any atom is 0.185 e. The first-order valence-electron chi connectivity index (χ1n) is 8.96. The molecule has 0 radical (unpaired) electrons. The van der Waals surface area contributed by atoms with Crippen LogP contribution in [0.3, 0.4) is 0 Å². The van der Waals surface area contributed by atoms with E-state index in [1.165, 1.54) is 0 Å². The third-order valence-corrected chi connectivity index (χ3v) is 7.06. The van der Waals surface area contributed by atoms with Crippen molar-refractivity contribution < 1.29 is 8.42 Å². The number of fused-ring (bicyclic) bond motifs is 1. The lowest BCUT2D eigenvalue weighted by Crippen LogP contribution is -2.16. The molecule has 4 aromatic rings. The number of H-pyrrole nitrogens is 1. The van der Waals surface area contributed by atoms with Gasteiger partial charge >= 0.3 is 0 Å². The van der Waals surface area contributed by atoms with Crippen molar-refractivity contribution in [3.63, 3.8) is 0 Å². The van der Waals surface area contributed by atoms with Gasteiger partial charge in [-0.05, 0) is 42.7 Å². The van der Waals surface area contributed by atoms with E-state index in [0.29, 0.717) is 11.3 Å². The van der Waals surface area contributed by atoms with E-state index in [-0.39, 0.29) is 0 Å². The quantitative estimate of drug-likeness (QED) is 0.519. The summed E-state index contributed by atoms with van der Waals surface area (Å²) in [5.41, 5.74) is 3.81. The van der Waals surface area contributed by atoms with Crippen molar-refractivity contribution in [2.45, 2.75) is 23.5 Å². The number of aromatic nitrogens is 1. The largest absolute Gasteiger partial charge is 0.361 e. The molecule has 1 aromatic heterocycles. The molecule has 0 aliphatic heterocycles. The molecule has 27 heavy (non-hydrogen) atoms. The average Bonchev–Trinajstić information content (AvgIpc) is 3.11. The summed E-state index contributed by atoms with van der Waals surface area (Å²) in [7, 11) is -3.55. The summed E-state index contributed by atoms with van der Waals surface area (Å²) < 4.78 is 27.2. The zero-order chi connectivity index (χ0) is 18.9. The first-order chi connectivity index (χ1) is 13.1. The monoisotopic (exact) mass is 375 g/mol. The molecule has 0 saturated carbocycles. The van der Waals surface area contributed by atoms with E-state index in [9.17, 15) is 8.42 Å². The van der Waals surface area contributed by atoms with Crippen LogP contribution in [0.25, 0.3) is 10.9 Å². The minimum atomic E-state index is -3.55. The molecule has 3 nitrogen and oxygen atoms in total. The summed E-state index contributed by atoms with van der Waals surface area (Å²) in [6.45, 7) is 1.96. The first-order valence-corrected chi connectivity index (χ1v) is 10.5. The molecule has 1 N–H and O–H groups in total. The van der Waals surface area contributed by atoms with Gasteiger partial charge in [-0.25, -0.2) is 8.42 Å². The van der Waals surface area contributed by atoms with Crippen molar-refractivity contribution in [1.29, 1.82) is 0 Å². The van der Waals surface area contributed by atoms with E-state index in [2.05, 4.69) is 4.98 Å². The van der Waals surface area contributed by atoms with Crippen molar-refractivity contribution in [1.82, 2.24) is 4.98 Å². The topological polar surface area (TPSA) is 49.9 Å². The minimum Gasteiger partial charge on any atom is -0.361 e. The second kappa shape index (κ2) is 7.05. The fourth-order valence-electron chi connectivity index (χ4n) is 3.47. The van der Waals surface area contributed by atoms with Gasteiger partial charge in [0.1, 0.15) is 0 Å². The van der Waals surface area contributed by atoms with Crippen LogP contribution in [-0.4, -0.2) is 13.4 Å². The number of sulfone groups is 1. The Morgan fingerprint density at radius 1 is 0.852 bits per heavy atom. The van der Waals surface area contributed by atoms with E-state index in [1.807, 2.05) is 79.9 Å². The molecular formula is C23H21NO2S. The molecular weight excluding hydrogens is 354 g/mol. The maximum atomic E-state index is 13.6. The van der Waals surface area contributed by atoms with Crippen LogP contribution in [0.15, 0.2) is 90.0 Å². The highest BCUT2D eigenvalue weighted by molar-refractivity contribution is 7.91. The summed E-state index contributed by atoms with van der Waals surface area (Å²) in [6.07, 6.45) is 2.27. The summed E-state index contributed by atoms with van der Waals surface area (Å²) in [4.78, 5) is 3.58. The molecule has 0 fully saturated rings. The maximum absolute atomic E-state index is 13.6. The van der Waals surface area contributed by atoms with Gasteiger partial charge in [0.25, 0.3) is 0 Å². The molecule has 4 heteroatoms. The second-order valence-electron chi connectivity index (χ2n) is 6.83. The van der Waals surface area contributed by atoms with Gasteiger partial charge in [-0.15, -0.1) is 0 Å². The molecule has 4 rings (SSSR count). The number of aromatic amines is 1. The van der Waals surface area contributed by atoms with Gasteiger partial charge < -0.3 is 4.98 Å². The summed E-state index contributed by atoms with van der Waals surface area (Å²) in [6, 6.07) is 24.7. The molecule has 0 spiro atoms. The van der Waals surface area contributed by atoms with Crippen LogP contribution < -0.4 is 0 Å². The number of benzene rings is 3. The highest BCUT2D eigenvalue weighted by Gasteiger charge is 2.31. The van der Waals surface area contributed by atoms with Crippen molar-refractivity contribution in [2.75, 3.05) is 0 Å². The first kappa shape index (κ1) is 17.6. The van der Waals surface area contributed by atoms with Crippen LogP contribution >= 0.6 is 0 Å². The van der Waals surface area contributed by atoms with E-state index in [1.54, 1.807) is 12.1 Å². The highest BCUT2D eigenvalue weighted by atomic mass is 32.2. The van der Waals surface area contributed by atoms with Crippen molar-refractivity contribution in [3.8, 4) is 0 Å². The van der Waals surface area contributed by atoms with Gasteiger partial charge in [-0.3, -0.25) is 0 Å². The van der Waals surface area contributed by atoms with Crippen LogP contribution in [0.5, 0.6) is 0 Å². The Bertz CT molecular complexity index is 1160. The smallest absolute Gasteiger partial charge is 0.185 e. The Morgan fingerprint density at radius 2 is 1.52 bits per heavy atom. The Labute approximate surface area is 159 Å². The Hall–Kier alpha value is -2.85. The second-order valence-corrected chi connectivity index (χ2v) is 8.96. The molecule has 0 amide bonds. The number of hydrogen-bond donors (Lipinski definition) is 1. The van der Waals surface area contributed by atoms with E-state index >= 15 is 0 Å². The average molecular weight is 375 g/mol. The van der Waals surface area contributed by atoms with Gasteiger partial charge in [0, 0.05) is 17.1 Å². The molecule has 0 bridgehead atoms. The normalized spacial score (nSPS) is 12.9. The number of aryl methyl sites for hydroxylation is 1. The van der Waals surface area contributed by atoms with Gasteiger partial charge in [-0.1, -0.05) is 66.2 Å². The van der Waals surface area contributed by atoms with E-state index in [4.69, 9.17) is 0 Å². The Balaban J connectivity index is 1.86. The SMILES string of the molecule is Cc1ccc(S(=O)(=O)C(Cc2ccccc2)c2c[nH]c3ccccc23)cc1. The third kappa shape index (κ3) is 3.40. The lowest BCUT2D eigenvalue weighted by Gasteiger charge is -2.18. The summed E-state index contributed by atoms with van der Waals surface area (Å²) in [5, 5.41) is 0.299. The lowest BCUT2D eigenvalue weighted by molar-refractivity contribution is 0.581. The molecule has 0 aliphatic rings. The Morgan fingerprint density at radius 3 is 2.26 bits per heavy atom. The van der Waals surface area contributed by atoms with E-state index in [0.717, 1.165) is 27.6 Å². The standard InChI is InChI=1S/C23H21NO2S/c1-17-11-13-19(14-12-17)27(25,26)23(15-18-7-3-2-4-8-18)21-16-24-22-10-6-5-9-20(21)22/h2-14,16,23-24H,15H2,1H3. The van der Waals surface area contributed by atoms with Crippen LogP contribution in [0.2, 0.25) is 0 Å². The summed E-state index contributed by atoms with van der Waals surface area (Å²) in [5.74, 6) is 0. The van der Waals surface area contributed by atoms with Gasteiger partial charge in [0.15, 0.2) is 9.84 Å². The zero-order valence-electron chi connectivity index (χ0n) is 15.1. The minimum absolute atomic E-state index is 0.360. The number of para-hydroxylation sites is 1. The molecule has 3 aromatic carbocycles. The third-order valence-electron chi connectivity index (χ3n) is 4.96. The number of hydrogen-bond acceptors (Lipinski definition) is 2. The van der Waals surface area contributed by atoms with Crippen molar-refractivity contribution in [3.05, 3.63) is 102 Å². The van der Waals surface area contributed by atoms with Gasteiger partial charge in [0.2, 0.25) is 0 Å². The molecule has 1 atom stereocenters. The highest BCUT2D eigenvalue weighted by Crippen LogP contribution is 2.36. The van der Waals surface area contributed by atoms with E-state index < -0.39 is 15.1 Å². The predicted octanol–water partition coefficient (Wildman–Crippen LogP) is 5.23. The number of rotatable bonds is 5. The fourth-order valence-corrected chi connectivity index (χ4v) is 5.25. The van der Waals surface area contributed by atoms with Gasteiger partial charge in [0.05, 0.1) is 10.1 Å². The van der Waals surface area contributed by atoms with Crippen molar-refractivity contribution in [2.24, 2.45) is 0 Å². The molecule has 1 heterocycles. The van der Waals surface area contributed by atoms with Crippen LogP contribution in [0, 0.1) is 6.92 Å².